The van der Waals surface area contributed by atoms with Crippen LogP contribution in [0.5, 0.6) is 0 Å². The van der Waals surface area contributed by atoms with Gasteiger partial charge in [0.25, 0.3) is 11.8 Å². The van der Waals surface area contributed by atoms with Gasteiger partial charge in [0.2, 0.25) is 0 Å². The predicted molar refractivity (Wildman–Crippen MR) is 115 cm³/mol. The number of hydrogen-bond acceptors (Lipinski definition) is 4. The molecule has 2 amide bonds. The van der Waals surface area contributed by atoms with E-state index in [9.17, 15) is 9.59 Å². The van der Waals surface area contributed by atoms with Crippen molar-refractivity contribution in [1.82, 2.24) is 20.0 Å². The van der Waals surface area contributed by atoms with Crippen molar-refractivity contribution in [2.24, 2.45) is 0 Å². The number of rotatable bonds is 7. The summed E-state index contributed by atoms with van der Waals surface area (Å²) in [6.45, 7) is 5.36. The fourth-order valence-electron chi connectivity index (χ4n) is 3.42. The summed E-state index contributed by atoms with van der Waals surface area (Å²) >= 11 is 0. The molecule has 0 aromatic heterocycles. The molecule has 1 N–H and O–H groups in total. The van der Waals surface area contributed by atoms with Gasteiger partial charge in [-0.1, -0.05) is 36.4 Å². The third-order valence-electron chi connectivity index (χ3n) is 5.12. The summed E-state index contributed by atoms with van der Waals surface area (Å²) in [6, 6.07) is 17.4. The summed E-state index contributed by atoms with van der Waals surface area (Å²) in [4.78, 5) is 31.5. The van der Waals surface area contributed by atoms with Crippen LogP contribution in [0, 0.1) is 0 Å². The van der Waals surface area contributed by atoms with Gasteiger partial charge in [-0.25, -0.2) is 0 Å². The number of benzene rings is 2. The van der Waals surface area contributed by atoms with Crippen molar-refractivity contribution in [1.29, 1.82) is 0 Å². The van der Waals surface area contributed by atoms with E-state index in [2.05, 4.69) is 34.5 Å². The normalized spacial score (nSPS) is 14.8. The third kappa shape index (κ3) is 6.14. The molecule has 0 aliphatic carbocycles. The smallest absolute Gasteiger partial charge is 0.253 e. The van der Waals surface area contributed by atoms with Crippen LogP contribution in [0.2, 0.25) is 0 Å². The zero-order valence-corrected chi connectivity index (χ0v) is 17.3. The number of likely N-dealkylation sites (N-methyl/N-ethyl adjacent to an activating group) is 1. The minimum atomic E-state index is -0.144. The molecule has 1 saturated heterocycles. The van der Waals surface area contributed by atoms with E-state index < -0.39 is 0 Å². The molecule has 154 valence electrons. The second-order valence-electron chi connectivity index (χ2n) is 7.69. The lowest BCUT2D eigenvalue weighted by Gasteiger charge is -2.34. The summed E-state index contributed by atoms with van der Waals surface area (Å²) in [5.41, 5.74) is 2.39. The lowest BCUT2D eigenvalue weighted by molar-refractivity contribution is 0.0628. The molecule has 1 fully saturated rings. The highest BCUT2D eigenvalue weighted by Crippen LogP contribution is 2.13. The number of nitrogens with zero attached hydrogens (tertiary/aromatic N) is 3. The molecule has 0 radical (unpaired) electrons. The van der Waals surface area contributed by atoms with Crippen molar-refractivity contribution in [2.75, 3.05) is 53.4 Å². The Morgan fingerprint density at radius 1 is 0.931 bits per heavy atom. The van der Waals surface area contributed by atoms with Crippen molar-refractivity contribution in [3.63, 3.8) is 0 Å². The Balaban J connectivity index is 1.53. The summed E-state index contributed by atoms with van der Waals surface area (Å²) < 4.78 is 0. The molecule has 1 heterocycles. The molecule has 2 aromatic carbocycles. The van der Waals surface area contributed by atoms with Crippen molar-refractivity contribution < 1.29 is 9.59 Å². The molecule has 1 aliphatic rings. The van der Waals surface area contributed by atoms with Gasteiger partial charge in [-0.15, -0.1) is 0 Å². The van der Waals surface area contributed by atoms with E-state index in [4.69, 9.17) is 0 Å². The number of nitrogens with one attached hydrogen (secondary N) is 1. The molecule has 0 bridgehead atoms. The quantitative estimate of drug-likeness (QED) is 0.780. The Kier molecular flexibility index (Phi) is 7.38. The molecular formula is C23H30N4O2. The van der Waals surface area contributed by atoms with Crippen LogP contribution in [-0.2, 0) is 6.54 Å². The van der Waals surface area contributed by atoms with Crippen LogP contribution in [0.25, 0.3) is 0 Å². The highest BCUT2D eigenvalue weighted by molar-refractivity contribution is 5.99. The first-order valence-corrected chi connectivity index (χ1v) is 10.1. The van der Waals surface area contributed by atoms with E-state index in [-0.39, 0.29) is 11.8 Å². The Morgan fingerprint density at radius 3 is 2.31 bits per heavy atom. The maximum Gasteiger partial charge on any atom is 0.253 e. The molecular weight excluding hydrogens is 364 g/mol. The summed E-state index contributed by atoms with van der Waals surface area (Å²) in [7, 11) is 3.93. The number of carbonyl (C=O) groups is 2. The maximum atomic E-state index is 12.9. The molecule has 6 heteroatoms. The van der Waals surface area contributed by atoms with Crippen LogP contribution in [0.1, 0.15) is 26.3 Å². The summed E-state index contributed by atoms with van der Waals surface area (Å²) in [5.74, 6) is -0.151. The van der Waals surface area contributed by atoms with Crippen LogP contribution in [-0.4, -0.2) is 79.9 Å². The monoisotopic (exact) mass is 394 g/mol. The number of amides is 2. The number of piperazine rings is 1. The highest BCUT2D eigenvalue weighted by atomic mass is 16.2. The zero-order valence-electron chi connectivity index (χ0n) is 17.3. The molecule has 0 spiro atoms. The average Bonchev–Trinajstić information content (AvgIpc) is 2.74. The topological polar surface area (TPSA) is 55.9 Å². The molecule has 0 atom stereocenters. The van der Waals surface area contributed by atoms with Gasteiger partial charge in [-0.05, 0) is 37.9 Å². The SMILES string of the molecule is CN(C)CCNC(=O)c1cccc(C(=O)N2CCN(Cc3ccccc3)CC2)c1. The molecule has 6 nitrogen and oxygen atoms in total. The Bertz CT molecular complexity index is 815. The van der Waals surface area contributed by atoms with Crippen LogP contribution in [0.15, 0.2) is 54.6 Å². The predicted octanol–water partition coefficient (Wildman–Crippen LogP) is 1.94. The second-order valence-corrected chi connectivity index (χ2v) is 7.69. The van der Waals surface area contributed by atoms with Crippen molar-refractivity contribution >= 4 is 11.8 Å². The van der Waals surface area contributed by atoms with E-state index in [0.29, 0.717) is 30.8 Å². The van der Waals surface area contributed by atoms with Crippen molar-refractivity contribution in [3.05, 3.63) is 71.3 Å². The van der Waals surface area contributed by atoms with Crippen molar-refractivity contribution in [2.45, 2.75) is 6.54 Å². The fraction of sp³-hybridized carbons (Fsp3) is 0.391. The van der Waals surface area contributed by atoms with Crippen LogP contribution in [0.4, 0.5) is 0 Å². The van der Waals surface area contributed by atoms with E-state index in [1.165, 1.54) is 5.56 Å². The van der Waals surface area contributed by atoms with E-state index in [1.54, 1.807) is 24.3 Å². The Morgan fingerprint density at radius 2 is 1.62 bits per heavy atom. The van der Waals surface area contributed by atoms with Gasteiger partial charge in [0, 0.05) is 56.9 Å². The fourth-order valence-corrected chi connectivity index (χ4v) is 3.42. The third-order valence-corrected chi connectivity index (χ3v) is 5.12. The number of carbonyl (C=O) groups excluding carboxylic acids is 2. The van der Waals surface area contributed by atoms with E-state index in [0.717, 1.165) is 26.2 Å². The maximum absolute atomic E-state index is 12.9. The lowest BCUT2D eigenvalue weighted by Crippen LogP contribution is -2.48. The highest BCUT2D eigenvalue weighted by Gasteiger charge is 2.22. The Labute approximate surface area is 173 Å². The van der Waals surface area contributed by atoms with Gasteiger partial charge < -0.3 is 15.1 Å². The van der Waals surface area contributed by atoms with Crippen LogP contribution in [0.3, 0.4) is 0 Å². The van der Waals surface area contributed by atoms with Gasteiger partial charge in [0.15, 0.2) is 0 Å². The molecule has 1 aliphatic heterocycles. The van der Waals surface area contributed by atoms with Gasteiger partial charge in [0.1, 0.15) is 0 Å². The van der Waals surface area contributed by atoms with Gasteiger partial charge in [0.05, 0.1) is 0 Å². The van der Waals surface area contributed by atoms with E-state index >= 15 is 0 Å². The zero-order chi connectivity index (χ0) is 20.6. The lowest BCUT2D eigenvalue weighted by atomic mass is 10.1. The minimum absolute atomic E-state index is 0.00713. The first-order chi connectivity index (χ1) is 14.0. The number of hydrogen-bond donors (Lipinski definition) is 1. The largest absolute Gasteiger partial charge is 0.351 e. The average molecular weight is 395 g/mol. The Hall–Kier alpha value is -2.70. The second kappa shape index (κ2) is 10.2. The van der Waals surface area contributed by atoms with Gasteiger partial charge >= 0.3 is 0 Å². The van der Waals surface area contributed by atoms with Crippen LogP contribution < -0.4 is 5.32 Å². The molecule has 3 rings (SSSR count). The van der Waals surface area contributed by atoms with E-state index in [1.807, 2.05) is 30.0 Å². The van der Waals surface area contributed by atoms with Gasteiger partial charge in [-0.3, -0.25) is 14.5 Å². The van der Waals surface area contributed by atoms with Crippen molar-refractivity contribution in [3.8, 4) is 0 Å². The first-order valence-electron chi connectivity index (χ1n) is 10.1. The molecule has 29 heavy (non-hydrogen) atoms. The molecule has 0 unspecified atom stereocenters. The first kappa shape index (κ1) is 21.0. The summed E-state index contributed by atoms with van der Waals surface area (Å²) in [6.07, 6.45) is 0. The molecule has 2 aromatic rings. The standard InChI is InChI=1S/C23H30N4O2/c1-25(2)12-11-24-22(28)20-9-6-10-21(17-20)23(29)27-15-13-26(14-16-27)18-19-7-4-3-5-8-19/h3-10,17H,11-16,18H2,1-2H3,(H,24,28). The molecule has 0 saturated carbocycles. The summed E-state index contributed by atoms with van der Waals surface area (Å²) in [5, 5.41) is 2.89. The van der Waals surface area contributed by atoms with Crippen LogP contribution >= 0.6 is 0 Å². The minimum Gasteiger partial charge on any atom is -0.351 e. The van der Waals surface area contributed by atoms with Gasteiger partial charge in [-0.2, -0.15) is 0 Å².